The molecule has 1 N–H and O–H groups in total. The summed E-state index contributed by atoms with van der Waals surface area (Å²) in [5.74, 6) is -0.0866. The zero-order chi connectivity index (χ0) is 13.9. The lowest BCUT2D eigenvalue weighted by Crippen LogP contribution is -2.15. The molecule has 0 spiro atoms. The molecular formula is C17H18N2O. The molecule has 3 heteroatoms. The number of benzene rings is 1. The van der Waals surface area contributed by atoms with E-state index in [4.69, 9.17) is 0 Å². The second-order valence-electron chi connectivity index (χ2n) is 5.29. The van der Waals surface area contributed by atoms with Crippen LogP contribution in [0.4, 0.5) is 5.69 Å². The van der Waals surface area contributed by atoms with E-state index < -0.39 is 0 Å². The molecule has 0 saturated carbocycles. The maximum atomic E-state index is 12.3. The van der Waals surface area contributed by atoms with Crippen molar-refractivity contribution in [2.24, 2.45) is 0 Å². The van der Waals surface area contributed by atoms with E-state index in [0.29, 0.717) is 5.56 Å². The number of hydrogen-bond acceptors (Lipinski definition) is 2. The number of amides is 1. The second kappa shape index (κ2) is 5.45. The Hall–Kier alpha value is -2.16. The predicted molar refractivity (Wildman–Crippen MR) is 80.0 cm³/mol. The molecular weight excluding hydrogens is 248 g/mol. The first kappa shape index (κ1) is 12.9. The highest BCUT2D eigenvalue weighted by molar-refractivity contribution is 6.04. The average Bonchev–Trinajstić information content (AvgIpc) is 2.48. The van der Waals surface area contributed by atoms with Crippen LogP contribution < -0.4 is 5.32 Å². The van der Waals surface area contributed by atoms with Crippen molar-refractivity contribution in [3.8, 4) is 0 Å². The van der Waals surface area contributed by atoms with E-state index in [0.717, 1.165) is 24.2 Å². The van der Waals surface area contributed by atoms with Crippen LogP contribution in [0.5, 0.6) is 0 Å². The molecule has 1 aromatic heterocycles. The van der Waals surface area contributed by atoms with Gasteiger partial charge in [-0.2, -0.15) is 0 Å². The molecule has 1 aliphatic rings. The number of carbonyl (C=O) groups is 1. The molecule has 0 bridgehead atoms. The smallest absolute Gasteiger partial charge is 0.257 e. The molecule has 0 radical (unpaired) electrons. The Morgan fingerprint density at radius 1 is 1.15 bits per heavy atom. The molecule has 0 aliphatic heterocycles. The number of anilines is 1. The zero-order valence-corrected chi connectivity index (χ0v) is 11.6. The summed E-state index contributed by atoms with van der Waals surface area (Å²) in [4.78, 5) is 16.4. The number of nitrogens with one attached hydrogen (secondary N) is 1. The van der Waals surface area contributed by atoms with E-state index in [1.165, 1.54) is 24.0 Å². The largest absolute Gasteiger partial charge is 0.322 e. The Morgan fingerprint density at radius 2 is 2.00 bits per heavy atom. The van der Waals surface area contributed by atoms with Crippen molar-refractivity contribution in [1.82, 2.24) is 4.98 Å². The summed E-state index contributed by atoms with van der Waals surface area (Å²) < 4.78 is 0. The van der Waals surface area contributed by atoms with E-state index in [2.05, 4.69) is 16.4 Å². The van der Waals surface area contributed by atoms with Gasteiger partial charge in [0.25, 0.3) is 5.91 Å². The standard InChI is InChI=1S/C17H18N2O/c1-12-9-10-14(11-18-12)17(20)19-16-8-4-6-13-5-2-3-7-15(13)16/h4,6,8-11H,2-3,5,7H2,1H3,(H,19,20). The van der Waals surface area contributed by atoms with Gasteiger partial charge >= 0.3 is 0 Å². The summed E-state index contributed by atoms with van der Waals surface area (Å²) in [7, 11) is 0. The first-order chi connectivity index (χ1) is 9.74. The summed E-state index contributed by atoms with van der Waals surface area (Å²) in [5.41, 5.74) is 5.14. The van der Waals surface area contributed by atoms with Crippen molar-refractivity contribution in [1.29, 1.82) is 0 Å². The van der Waals surface area contributed by atoms with Crippen molar-refractivity contribution in [2.45, 2.75) is 32.6 Å². The molecule has 1 aliphatic carbocycles. The van der Waals surface area contributed by atoms with Crippen LogP contribution in [-0.2, 0) is 12.8 Å². The van der Waals surface area contributed by atoms with E-state index in [1.807, 2.05) is 31.2 Å². The predicted octanol–water partition coefficient (Wildman–Crippen LogP) is 3.52. The monoisotopic (exact) mass is 266 g/mol. The summed E-state index contributed by atoms with van der Waals surface area (Å²) in [5, 5.41) is 3.03. The molecule has 0 atom stereocenters. The van der Waals surface area contributed by atoms with Gasteiger partial charge in [-0.3, -0.25) is 9.78 Å². The number of aryl methyl sites for hydroxylation is 2. The highest BCUT2D eigenvalue weighted by Gasteiger charge is 2.15. The summed E-state index contributed by atoms with van der Waals surface area (Å²) >= 11 is 0. The fraction of sp³-hybridized carbons (Fsp3) is 0.294. The van der Waals surface area contributed by atoms with Crippen LogP contribution in [0.3, 0.4) is 0 Å². The normalized spacial score (nSPS) is 13.7. The lowest BCUT2D eigenvalue weighted by atomic mass is 9.90. The third-order valence-corrected chi connectivity index (χ3v) is 3.82. The number of fused-ring (bicyclic) bond motifs is 1. The molecule has 3 rings (SSSR count). The lowest BCUT2D eigenvalue weighted by Gasteiger charge is -2.19. The summed E-state index contributed by atoms with van der Waals surface area (Å²) in [6.45, 7) is 1.91. The van der Waals surface area contributed by atoms with Crippen LogP contribution in [0.25, 0.3) is 0 Å². The molecule has 2 aromatic rings. The van der Waals surface area contributed by atoms with Gasteiger partial charge in [-0.15, -0.1) is 0 Å². The highest BCUT2D eigenvalue weighted by Crippen LogP contribution is 2.28. The maximum Gasteiger partial charge on any atom is 0.257 e. The van der Waals surface area contributed by atoms with Gasteiger partial charge in [0, 0.05) is 17.6 Å². The van der Waals surface area contributed by atoms with E-state index >= 15 is 0 Å². The second-order valence-corrected chi connectivity index (χ2v) is 5.29. The minimum Gasteiger partial charge on any atom is -0.322 e. The Morgan fingerprint density at radius 3 is 2.80 bits per heavy atom. The van der Waals surface area contributed by atoms with Crippen molar-refractivity contribution in [2.75, 3.05) is 5.32 Å². The topological polar surface area (TPSA) is 42.0 Å². The molecule has 0 unspecified atom stereocenters. The van der Waals surface area contributed by atoms with E-state index in [1.54, 1.807) is 6.20 Å². The number of aromatic nitrogens is 1. The minimum atomic E-state index is -0.0866. The number of rotatable bonds is 2. The summed E-state index contributed by atoms with van der Waals surface area (Å²) in [6, 6.07) is 9.84. The van der Waals surface area contributed by atoms with Crippen molar-refractivity contribution >= 4 is 11.6 Å². The first-order valence-electron chi connectivity index (χ1n) is 7.09. The molecule has 1 amide bonds. The number of carbonyl (C=O) groups excluding carboxylic acids is 1. The number of pyridine rings is 1. The lowest BCUT2D eigenvalue weighted by molar-refractivity contribution is 0.102. The molecule has 0 fully saturated rings. The Balaban J connectivity index is 1.84. The Labute approximate surface area is 119 Å². The quantitative estimate of drug-likeness (QED) is 0.903. The van der Waals surface area contributed by atoms with E-state index in [9.17, 15) is 4.79 Å². The van der Waals surface area contributed by atoms with Crippen LogP contribution in [-0.4, -0.2) is 10.9 Å². The van der Waals surface area contributed by atoms with E-state index in [-0.39, 0.29) is 5.91 Å². The molecule has 20 heavy (non-hydrogen) atoms. The molecule has 102 valence electrons. The first-order valence-corrected chi connectivity index (χ1v) is 7.09. The van der Waals surface area contributed by atoms with Gasteiger partial charge < -0.3 is 5.32 Å². The van der Waals surface area contributed by atoms with Crippen molar-refractivity contribution < 1.29 is 4.79 Å². The Kier molecular flexibility index (Phi) is 3.50. The van der Waals surface area contributed by atoms with Crippen LogP contribution in [0.1, 0.15) is 40.0 Å². The summed E-state index contributed by atoms with van der Waals surface area (Å²) in [6.07, 6.45) is 6.24. The fourth-order valence-corrected chi connectivity index (χ4v) is 2.70. The number of nitrogens with zero attached hydrogens (tertiary/aromatic N) is 1. The third-order valence-electron chi connectivity index (χ3n) is 3.82. The molecule has 1 aromatic carbocycles. The average molecular weight is 266 g/mol. The van der Waals surface area contributed by atoms with Gasteiger partial charge in [-0.05, 0) is 61.9 Å². The van der Waals surface area contributed by atoms with Gasteiger partial charge in [-0.25, -0.2) is 0 Å². The van der Waals surface area contributed by atoms with Gasteiger partial charge in [-0.1, -0.05) is 12.1 Å². The minimum absolute atomic E-state index is 0.0866. The third kappa shape index (κ3) is 2.57. The maximum absolute atomic E-state index is 12.3. The highest BCUT2D eigenvalue weighted by atomic mass is 16.1. The number of hydrogen-bond donors (Lipinski definition) is 1. The Bertz CT molecular complexity index is 632. The zero-order valence-electron chi connectivity index (χ0n) is 11.6. The van der Waals surface area contributed by atoms with Crippen LogP contribution >= 0.6 is 0 Å². The van der Waals surface area contributed by atoms with Gasteiger partial charge in [0.1, 0.15) is 0 Å². The van der Waals surface area contributed by atoms with Gasteiger partial charge in [0.15, 0.2) is 0 Å². The van der Waals surface area contributed by atoms with Crippen LogP contribution in [0.15, 0.2) is 36.5 Å². The SMILES string of the molecule is Cc1ccc(C(=O)Nc2cccc3c2CCCC3)cn1. The van der Waals surface area contributed by atoms with Crippen LogP contribution in [0, 0.1) is 6.92 Å². The van der Waals surface area contributed by atoms with Crippen molar-refractivity contribution in [3.05, 3.63) is 58.9 Å². The van der Waals surface area contributed by atoms with Crippen molar-refractivity contribution in [3.63, 3.8) is 0 Å². The molecule has 1 heterocycles. The molecule has 0 saturated heterocycles. The fourth-order valence-electron chi connectivity index (χ4n) is 2.70. The van der Waals surface area contributed by atoms with Crippen LogP contribution in [0.2, 0.25) is 0 Å². The van der Waals surface area contributed by atoms with Gasteiger partial charge in [0.05, 0.1) is 5.56 Å². The van der Waals surface area contributed by atoms with Gasteiger partial charge in [0.2, 0.25) is 0 Å². The molecule has 3 nitrogen and oxygen atoms in total.